The molecule has 0 unspecified atom stereocenters. The molecule has 5 heteroatoms. The summed E-state index contributed by atoms with van der Waals surface area (Å²) in [5.41, 5.74) is 11.0. The van der Waals surface area contributed by atoms with Gasteiger partial charge in [0.25, 0.3) is 0 Å². The Morgan fingerprint density at radius 1 is 1.37 bits per heavy atom. The van der Waals surface area contributed by atoms with Gasteiger partial charge in [0.1, 0.15) is 5.82 Å². The van der Waals surface area contributed by atoms with Crippen LogP contribution in [-0.4, -0.2) is 25.1 Å². The molecule has 0 bridgehead atoms. The van der Waals surface area contributed by atoms with Crippen LogP contribution in [0.25, 0.3) is 0 Å². The summed E-state index contributed by atoms with van der Waals surface area (Å²) in [5.74, 6) is 1.38. The van der Waals surface area contributed by atoms with Crippen LogP contribution in [0.15, 0.2) is 34.2 Å². The minimum Gasteiger partial charge on any atom is -0.387 e. The average Bonchev–Trinajstić information content (AvgIpc) is 2.37. The number of hydrogen-bond donors (Lipinski definition) is 3. The second kappa shape index (κ2) is 12.8. The Balaban J connectivity index is 4.19. The van der Waals surface area contributed by atoms with Crippen LogP contribution in [-0.2, 0) is 0 Å². The van der Waals surface area contributed by atoms with Crippen molar-refractivity contribution in [2.75, 3.05) is 13.1 Å². The lowest BCUT2D eigenvalue weighted by Gasteiger charge is -2.05. The van der Waals surface area contributed by atoms with Crippen LogP contribution < -0.4 is 16.8 Å². The summed E-state index contributed by atoms with van der Waals surface area (Å²) in [4.78, 5) is 8.35. The number of nitrogens with zero attached hydrogens (tertiary/aromatic N) is 2. The van der Waals surface area contributed by atoms with Gasteiger partial charge in [-0.05, 0) is 38.8 Å². The fourth-order valence-electron chi connectivity index (χ4n) is 1.25. The Labute approximate surface area is 116 Å². The molecule has 0 aromatic rings. The molecule has 5 nitrogen and oxygen atoms in total. The zero-order valence-corrected chi connectivity index (χ0v) is 12.1. The number of unbranched alkanes of at least 4 members (excludes halogenated alkanes) is 1. The minimum absolute atomic E-state index is 0.556. The highest BCUT2D eigenvalue weighted by Crippen LogP contribution is 1.98. The van der Waals surface area contributed by atoms with E-state index in [4.69, 9.17) is 11.5 Å². The Morgan fingerprint density at radius 2 is 2.16 bits per heavy atom. The molecule has 0 rings (SSSR count). The number of hydrogen-bond acceptors (Lipinski definition) is 4. The molecule has 0 aliphatic carbocycles. The molecule has 0 fully saturated rings. The molecule has 0 amide bonds. The van der Waals surface area contributed by atoms with Gasteiger partial charge in [-0.15, -0.1) is 0 Å². The van der Waals surface area contributed by atoms with Gasteiger partial charge in [0.15, 0.2) is 0 Å². The van der Waals surface area contributed by atoms with Crippen LogP contribution in [0.4, 0.5) is 0 Å². The van der Waals surface area contributed by atoms with Crippen LogP contribution in [0, 0.1) is 0 Å². The Bertz CT molecular complexity index is 325. The molecule has 0 aromatic carbocycles. The van der Waals surface area contributed by atoms with E-state index >= 15 is 0 Å². The van der Waals surface area contributed by atoms with E-state index in [0.717, 1.165) is 38.0 Å². The number of nitrogens with two attached hydrogens (primary N) is 2. The Kier molecular flexibility index (Phi) is 11.7. The quantitative estimate of drug-likeness (QED) is 0.320. The van der Waals surface area contributed by atoms with Crippen molar-refractivity contribution in [3.05, 3.63) is 24.2 Å². The van der Waals surface area contributed by atoms with Crippen LogP contribution in [0.1, 0.15) is 39.5 Å². The van der Waals surface area contributed by atoms with Crippen molar-refractivity contribution in [2.24, 2.45) is 21.5 Å². The number of amidine groups is 1. The van der Waals surface area contributed by atoms with Gasteiger partial charge >= 0.3 is 0 Å². The molecule has 19 heavy (non-hydrogen) atoms. The first-order valence-electron chi connectivity index (χ1n) is 6.82. The normalized spacial score (nSPS) is 13.6. The van der Waals surface area contributed by atoms with Gasteiger partial charge in [0.05, 0.1) is 5.84 Å². The van der Waals surface area contributed by atoms with Crippen molar-refractivity contribution in [3.8, 4) is 0 Å². The van der Waals surface area contributed by atoms with E-state index in [9.17, 15) is 0 Å². The van der Waals surface area contributed by atoms with E-state index < -0.39 is 0 Å². The average molecular weight is 265 g/mol. The third-order valence-corrected chi connectivity index (χ3v) is 2.17. The molecule has 0 aliphatic rings. The first kappa shape index (κ1) is 17.4. The lowest BCUT2D eigenvalue weighted by molar-refractivity contribution is 0.703. The van der Waals surface area contributed by atoms with Gasteiger partial charge < -0.3 is 16.8 Å². The van der Waals surface area contributed by atoms with Crippen molar-refractivity contribution >= 4 is 12.1 Å². The smallest absolute Gasteiger partial charge is 0.124 e. The summed E-state index contributed by atoms with van der Waals surface area (Å²) in [6.07, 6.45) is 11.4. The van der Waals surface area contributed by atoms with Gasteiger partial charge in [-0.25, -0.2) is 4.99 Å². The second-order valence-corrected chi connectivity index (χ2v) is 4.15. The third kappa shape index (κ3) is 12.6. The molecular formula is C14H27N5. The molecule has 0 aromatic heterocycles. The van der Waals surface area contributed by atoms with E-state index in [1.54, 1.807) is 13.1 Å². The van der Waals surface area contributed by atoms with E-state index in [1.165, 1.54) is 0 Å². The highest BCUT2D eigenvalue weighted by Gasteiger charge is 1.92. The van der Waals surface area contributed by atoms with Gasteiger partial charge in [-0.2, -0.15) is 0 Å². The molecule has 0 spiro atoms. The molecule has 0 radical (unpaired) electrons. The van der Waals surface area contributed by atoms with Gasteiger partial charge in [-0.1, -0.05) is 19.4 Å². The van der Waals surface area contributed by atoms with Gasteiger partial charge in [-0.3, -0.25) is 4.99 Å². The van der Waals surface area contributed by atoms with Crippen LogP contribution >= 0.6 is 0 Å². The zero-order chi connectivity index (χ0) is 14.3. The number of aliphatic imine (C=N–C) groups is 2. The molecule has 0 aliphatic heterocycles. The number of nitrogens with one attached hydrogen (secondary N) is 1. The predicted molar refractivity (Wildman–Crippen MR) is 84.2 cm³/mol. The molecule has 5 N–H and O–H groups in total. The SMILES string of the molecule is CCCCNC(=C/C/C=C\N=C/CCN)/N=C(/C)N. The summed E-state index contributed by atoms with van der Waals surface area (Å²) >= 11 is 0. The van der Waals surface area contributed by atoms with E-state index in [2.05, 4.69) is 22.2 Å². The summed E-state index contributed by atoms with van der Waals surface area (Å²) in [5, 5.41) is 3.27. The molecule has 0 saturated carbocycles. The standard InChI is InChI=1S/C14H27N5/c1-3-4-12-18-14(19-13(2)16)8-5-6-10-17-11-7-9-15/h6,8,10-11,18H,3-5,7,9,12,15H2,1-2H3,(H2,16,19)/b10-6-,14-8-,17-11-. The van der Waals surface area contributed by atoms with Gasteiger partial charge in [0, 0.05) is 19.0 Å². The van der Waals surface area contributed by atoms with Crippen molar-refractivity contribution in [1.82, 2.24) is 5.32 Å². The fourth-order valence-corrected chi connectivity index (χ4v) is 1.25. The summed E-state index contributed by atoms with van der Waals surface area (Å²) in [6, 6.07) is 0. The van der Waals surface area contributed by atoms with Crippen molar-refractivity contribution in [2.45, 2.75) is 39.5 Å². The number of rotatable bonds is 10. The maximum Gasteiger partial charge on any atom is 0.124 e. The number of allylic oxidation sites excluding steroid dienone is 2. The summed E-state index contributed by atoms with van der Waals surface area (Å²) < 4.78 is 0. The third-order valence-electron chi connectivity index (χ3n) is 2.17. The molecule has 0 saturated heterocycles. The molecule has 0 heterocycles. The van der Waals surface area contributed by atoms with E-state index in [-0.39, 0.29) is 0 Å². The highest BCUT2D eigenvalue weighted by molar-refractivity contribution is 5.78. The topological polar surface area (TPSA) is 88.8 Å². The summed E-state index contributed by atoms with van der Waals surface area (Å²) in [7, 11) is 0. The van der Waals surface area contributed by atoms with Crippen LogP contribution in [0.2, 0.25) is 0 Å². The van der Waals surface area contributed by atoms with Crippen LogP contribution in [0.3, 0.4) is 0 Å². The van der Waals surface area contributed by atoms with Gasteiger partial charge in [0.2, 0.25) is 0 Å². The predicted octanol–water partition coefficient (Wildman–Crippen LogP) is 1.92. The van der Waals surface area contributed by atoms with E-state index in [1.807, 2.05) is 18.4 Å². The summed E-state index contributed by atoms with van der Waals surface area (Å²) in [6.45, 7) is 5.48. The molecule has 0 atom stereocenters. The minimum atomic E-state index is 0.556. The second-order valence-electron chi connectivity index (χ2n) is 4.15. The first-order chi connectivity index (χ1) is 9.20. The monoisotopic (exact) mass is 265 g/mol. The maximum atomic E-state index is 5.60. The Hall–Kier alpha value is -1.62. The Morgan fingerprint density at radius 3 is 2.79 bits per heavy atom. The largest absolute Gasteiger partial charge is 0.387 e. The highest BCUT2D eigenvalue weighted by atomic mass is 15.0. The fraction of sp³-hybridized carbons (Fsp3) is 0.571. The van der Waals surface area contributed by atoms with Crippen LogP contribution in [0.5, 0.6) is 0 Å². The first-order valence-corrected chi connectivity index (χ1v) is 6.82. The zero-order valence-electron chi connectivity index (χ0n) is 12.1. The maximum absolute atomic E-state index is 5.60. The van der Waals surface area contributed by atoms with Crippen molar-refractivity contribution in [1.29, 1.82) is 0 Å². The van der Waals surface area contributed by atoms with Crippen molar-refractivity contribution in [3.63, 3.8) is 0 Å². The lowest BCUT2D eigenvalue weighted by Crippen LogP contribution is -2.16. The lowest BCUT2D eigenvalue weighted by atomic mass is 10.3. The molecule has 108 valence electrons. The van der Waals surface area contributed by atoms with Crippen molar-refractivity contribution < 1.29 is 0 Å². The van der Waals surface area contributed by atoms with E-state index in [0.29, 0.717) is 12.4 Å². The molecular weight excluding hydrogens is 238 g/mol.